The first-order chi connectivity index (χ1) is 19.2. The molecule has 0 amide bonds. The van der Waals surface area contributed by atoms with Crippen LogP contribution >= 0.6 is 22.9 Å². The largest absolute Gasteiger partial charge is 0.497 e. The quantitative estimate of drug-likeness (QED) is 0.322. The van der Waals surface area contributed by atoms with Crippen LogP contribution in [0.4, 0.5) is 0 Å². The Hall–Kier alpha value is -4.41. The fourth-order valence-electron chi connectivity index (χ4n) is 4.45. The summed E-state index contributed by atoms with van der Waals surface area (Å²) in [6.07, 6.45) is 1.61. The topological polar surface area (TPSA) is 120 Å². The molecule has 204 valence electrons. The number of halogens is 1. The second-order valence-electron chi connectivity index (χ2n) is 8.78. The zero-order valence-electron chi connectivity index (χ0n) is 21.6. The molecule has 1 atom stereocenters. The van der Waals surface area contributed by atoms with Crippen molar-refractivity contribution < 1.29 is 28.6 Å². The van der Waals surface area contributed by atoms with E-state index in [1.54, 1.807) is 69.5 Å². The predicted molar refractivity (Wildman–Crippen MR) is 150 cm³/mol. The lowest BCUT2D eigenvalue weighted by molar-refractivity contribution is -0.139. The highest BCUT2D eigenvalue weighted by molar-refractivity contribution is 7.07. The van der Waals surface area contributed by atoms with E-state index in [2.05, 4.69) is 4.99 Å². The highest BCUT2D eigenvalue weighted by Gasteiger charge is 2.33. The van der Waals surface area contributed by atoms with Crippen LogP contribution in [0, 0.1) is 0 Å². The Morgan fingerprint density at radius 3 is 2.58 bits per heavy atom. The van der Waals surface area contributed by atoms with E-state index < -0.39 is 18.0 Å². The highest BCUT2D eigenvalue weighted by Crippen LogP contribution is 2.32. The van der Waals surface area contributed by atoms with Gasteiger partial charge in [-0.15, -0.1) is 0 Å². The Bertz CT molecular complexity index is 1850. The molecule has 11 heteroatoms. The predicted octanol–water partition coefficient (Wildman–Crippen LogP) is 4.42. The molecule has 2 aromatic carbocycles. The fraction of sp³-hybridized carbons (Fsp3) is 0.172. The smallest absolute Gasteiger partial charge is 0.338 e. The van der Waals surface area contributed by atoms with Crippen molar-refractivity contribution in [3.8, 4) is 17.1 Å². The second kappa shape index (κ2) is 11.0. The summed E-state index contributed by atoms with van der Waals surface area (Å²) < 4.78 is 18.4. The van der Waals surface area contributed by atoms with Gasteiger partial charge in [-0.1, -0.05) is 41.1 Å². The van der Waals surface area contributed by atoms with E-state index in [4.69, 9.17) is 25.5 Å². The first-order valence-electron chi connectivity index (χ1n) is 12.2. The molecule has 0 bridgehead atoms. The number of carbonyl (C=O) groups excluding carboxylic acids is 1. The maximum atomic E-state index is 13.7. The number of furan rings is 1. The number of esters is 1. The van der Waals surface area contributed by atoms with Gasteiger partial charge in [-0.05, 0) is 55.8 Å². The first kappa shape index (κ1) is 27.2. The molecule has 1 aliphatic rings. The van der Waals surface area contributed by atoms with E-state index in [0.717, 1.165) is 0 Å². The van der Waals surface area contributed by atoms with Gasteiger partial charge in [0.1, 0.15) is 17.3 Å². The molecule has 0 fully saturated rings. The van der Waals surface area contributed by atoms with Crippen molar-refractivity contribution in [2.75, 3.05) is 13.7 Å². The lowest BCUT2D eigenvalue weighted by Gasteiger charge is -2.24. The monoisotopic (exact) mass is 578 g/mol. The van der Waals surface area contributed by atoms with E-state index >= 15 is 0 Å². The highest BCUT2D eigenvalue weighted by atomic mass is 35.5. The SMILES string of the molecule is CCOC(=O)C1=C(C)N=c2sc(=Cc3ccc(-c4ccc(C(=O)O)c(Cl)c4)o3)c(=O)n2C1c1ccc(OC)cc1. The van der Waals surface area contributed by atoms with Crippen molar-refractivity contribution in [2.45, 2.75) is 19.9 Å². The third-order valence-electron chi connectivity index (χ3n) is 6.33. The molecule has 0 saturated heterocycles. The summed E-state index contributed by atoms with van der Waals surface area (Å²) >= 11 is 7.29. The van der Waals surface area contributed by atoms with Gasteiger partial charge in [0, 0.05) is 11.6 Å². The van der Waals surface area contributed by atoms with Gasteiger partial charge in [-0.25, -0.2) is 14.6 Å². The average Bonchev–Trinajstić information content (AvgIpc) is 3.52. The van der Waals surface area contributed by atoms with Crippen molar-refractivity contribution in [3.05, 3.63) is 107 Å². The van der Waals surface area contributed by atoms with Crippen LogP contribution in [0.2, 0.25) is 5.02 Å². The van der Waals surface area contributed by atoms with Crippen LogP contribution in [0.1, 0.15) is 41.6 Å². The number of hydrogen-bond donors (Lipinski definition) is 1. The number of methoxy groups -OCH3 is 1. The van der Waals surface area contributed by atoms with Gasteiger partial charge in [-0.2, -0.15) is 0 Å². The van der Waals surface area contributed by atoms with Crippen molar-refractivity contribution in [3.63, 3.8) is 0 Å². The number of rotatable bonds is 7. The lowest BCUT2D eigenvalue weighted by Crippen LogP contribution is -2.39. The van der Waals surface area contributed by atoms with Gasteiger partial charge in [0.15, 0.2) is 4.80 Å². The van der Waals surface area contributed by atoms with Crippen LogP contribution in [0.15, 0.2) is 80.1 Å². The van der Waals surface area contributed by atoms with Gasteiger partial charge in [0.25, 0.3) is 5.56 Å². The zero-order chi connectivity index (χ0) is 28.6. The molecule has 0 saturated carbocycles. The molecule has 1 unspecified atom stereocenters. The van der Waals surface area contributed by atoms with Crippen LogP contribution in [0.5, 0.6) is 5.75 Å². The minimum Gasteiger partial charge on any atom is -0.497 e. The van der Waals surface area contributed by atoms with Crippen LogP contribution in [-0.2, 0) is 9.53 Å². The van der Waals surface area contributed by atoms with E-state index in [-0.39, 0.29) is 28.3 Å². The normalized spacial score (nSPS) is 15.0. The van der Waals surface area contributed by atoms with E-state index in [9.17, 15) is 19.5 Å². The number of fused-ring (bicyclic) bond motifs is 1. The number of ether oxygens (including phenoxy) is 2. The molecule has 1 aliphatic heterocycles. The lowest BCUT2D eigenvalue weighted by atomic mass is 9.96. The number of nitrogens with zero attached hydrogens (tertiary/aromatic N) is 2. The summed E-state index contributed by atoms with van der Waals surface area (Å²) in [4.78, 5) is 43.0. The number of allylic oxidation sites excluding steroid dienone is 1. The molecule has 1 N–H and O–H groups in total. The van der Waals surface area contributed by atoms with Gasteiger partial charge in [-0.3, -0.25) is 9.36 Å². The van der Waals surface area contributed by atoms with E-state index in [0.29, 0.717) is 43.4 Å². The Balaban J connectivity index is 1.59. The molecular weight excluding hydrogens is 556 g/mol. The molecule has 2 aromatic heterocycles. The Morgan fingerprint density at radius 1 is 1.18 bits per heavy atom. The van der Waals surface area contributed by atoms with Crippen LogP contribution < -0.4 is 19.6 Å². The number of aromatic carboxylic acids is 1. The van der Waals surface area contributed by atoms with Gasteiger partial charge >= 0.3 is 11.9 Å². The summed E-state index contributed by atoms with van der Waals surface area (Å²) in [5.41, 5.74) is 1.69. The Labute approximate surface area is 236 Å². The Morgan fingerprint density at radius 2 is 1.93 bits per heavy atom. The van der Waals surface area contributed by atoms with E-state index in [1.165, 1.54) is 28.0 Å². The standard InChI is InChI=1S/C29H23ClN2O7S/c1-4-38-28(36)24-15(2)31-29-32(25(24)16-5-8-18(37-3)9-6-16)26(33)23(40-29)14-19-10-12-22(39-19)17-7-11-20(27(34)35)21(30)13-17/h5-14,25H,4H2,1-3H3,(H,34,35). The van der Waals surface area contributed by atoms with Gasteiger partial charge in [0.05, 0.1) is 46.1 Å². The van der Waals surface area contributed by atoms with Gasteiger partial charge < -0.3 is 19.0 Å². The summed E-state index contributed by atoms with van der Waals surface area (Å²) in [6, 6.07) is 14.3. The van der Waals surface area contributed by atoms with Crippen LogP contribution in [-0.4, -0.2) is 35.3 Å². The number of benzene rings is 2. The molecule has 4 aromatic rings. The number of carboxylic acids is 1. The van der Waals surface area contributed by atoms with Crippen molar-refractivity contribution >= 4 is 41.0 Å². The number of hydrogen-bond acceptors (Lipinski definition) is 8. The number of thiazole rings is 1. The average molecular weight is 579 g/mol. The molecule has 0 spiro atoms. The zero-order valence-corrected chi connectivity index (χ0v) is 23.2. The second-order valence-corrected chi connectivity index (χ2v) is 10.2. The molecule has 0 aliphatic carbocycles. The third-order valence-corrected chi connectivity index (χ3v) is 7.63. The summed E-state index contributed by atoms with van der Waals surface area (Å²) in [7, 11) is 1.56. The van der Waals surface area contributed by atoms with Crippen molar-refractivity contribution in [1.29, 1.82) is 0 Å². The fourth-order valence-corrected chi connectivity index (χ4v) is 5.74. The molecule has 5 rings (SSSR count). The van der Waals surface area contributed by atoms with Crippen LogP contribution in [0.3, 0.4) is 0 Å². The van der Waals surface area contributed by atoms with Crippen LogP contribution in [0.25, 0.3) is 17.4 Å². The summed E-state index contributed by atoms with van der Waals surface area (Å²) in [5, 5.41) is 9.30. The third kappa shape index (κ3) is 4.99. The number of carboxylic acid groups (broad SMARTS) is 1. The number of carbonyl (C=O) groups is 2. The molecule has 40 heavy (non-hydrogen) atoms. The van der Waals surface area contributed by atoms with Gasteiger partial charge in [0.2, 0.25) is 0 Å². The summed E-state index contributed by atoms with van der Waals surface area (Å²) in [6.45, 7) is 3.62. The molecule has 0 radical (unpaired) electrons. The first-order valence-corrected chi connectivity index (χ1v) is 13.4. The Kier molecular flexibility index (Phi) is 7.46. The molecule has 9 nitrogen and oxygen atoms in total. The molecule has 3 heterocycles. The van der Waals surface area contributed by atoms with Crippen molar-refractivity contribution in [1.82, 2.24) is 4.57 Å². The van der Waals surface area contributed by atoms with E-state index in [1.807, 2.05) is 0 Å². The maximum absolute atomic E-state index is 13.7. The molecular formula is C29H23ClN2O7S. The summed E-state index contributed by atoms with van der Waals surface area (Å²) in [5.74, 6) is -0.166. The van der Waals surface area contributed by atoms with Crippen molar-refractivity contribution in [2.24, 2.45) is 4.99 Å². The minimum atomic E-state index is -1.12. The number of aromatic nitrogens is 1. The maximum Gasteiger partial charge on any atom is 0.338 e. The minimum absolute atomic E-state index is 0.0119.